The molecule has 4 nitrogen and oxygen atoms in total. The molecule has 6 heteroatoms. The summed E-state index contributed by atoms with van der Waals surface area (Å²) in [4.78, 5) is 1.35. The minimum atomic E-state index is -3.06. The van der Waals surface area contributed by atoms with Crippen molar-refractivity contribution in [3.8, 4) is 5.75 Å². The van der Waals surface area contributed by atoms with Gasteiger partial charge in [-0.1, -0.05) is 13.3 Å². The fraction of sp³-hybridized carbons (Fsp3) is 0.625. The third-order valence-corrected chi connectivity index (χ3v) is 9.89. The van der Waals surface area contributed by atoms with Gasteiger partial charge in [-0.3, -0.25) is 0 Å². The monoisotopic (exact) mass is 345 g/mol. The quantitative estimate of drug-likeness (QED) is 0.796. The molecule has 2 rings (SSSR count). The standard InChI is InChI=1S/C16H27NO3S2/c1-4-5-12-22(18,19)17-10-13-21(3,14-11-17)16-8-6-15(20-2)7-9-16/h6-9H,4-5,10-14H2,1-3H3. The van der Waals surface area contributed by atoms with Crippen LogP contribution in [-0.4, -0.2) is 56.4 Å². The molecule has 1 aromatic rings. The molecule has 1 heterocycles. The number of unbranched alkanes of at least 4 members (excludes halogenated alkanes) is 1. The summed E-state index contributed by atoms with van der Waals surface area (Å²) in [6, 6.07) is 8.26. The smallest absolute Gasteiger partial charge is 0.214 e. The third kappa shape index (κ3) is 3.97. The Morgan fingerprint density at radius 2 is 1.77 bits per heavy atom. The molecule has 1 fully saturated rings. The summed E-state index contributed by atoms with van der Waals surface area (Å²) < 4.78 is 31.5. The third-order valence-electron chi connectivity index (χ3n) is 4.36. The first kappa shape index (κ1) is 17.6. The maximum atomic E-state index is 12.3. The molecule has 0 atom stereocenters. The summed E-state index contributed by atoms with van der Waals surface area (Å²) in [7, 11) is -2.31. The molecule has 0 saturated carbocycles. The Morgan fingerprint density at radius 1 is 1.18 bits per heavy atom. The molecule has 0 radical (unpaired) electrons. The predicted octanol–water partition coefficient (Wildman–Crippen LogP) is 2.93. The van der Waals surface area contributed by atoms with Crippen LogP contribution in [0.5, 0.6) is 5.75 Å². The van der Waals surface area contributed by atoms with Crippen LogP contribution < -0.4 is 4.74 Å². The van der Waals surface area contributed by atoms with Gasteiger partial charge in [-0.15, -0.1) is 0 Å². The first-order chi connectivity index (χ1) is 10.4. The molecule has 1 aliphatic heterocycles. The maximum Gasteiger partial charge on any atom is 0.214 e. The molecule has 22 heavy (non-hydrogen) atoms. The lowest BCUT2D eigenvalue weighted by Crippen LogP contribution is -2.43. The van der Waals surface area contributed by atoms with Crippen LogP contribution in [0.15, 0.2) is 29.2 Å². The maximum absolute atomic E-state index is 12.3. The van der Waals surface area contributed by atoms with Gasteiger partial charge in [0.15, 0.2) is 0 Å². The van der Waals surface area contributed by atoms with Crippen molar-refractivity contribution in [3.05, 3.63) is 24.3 Å². The van der Waals surface area contributed by atoms with Crippen LogP contribution in [0.4, 0.5) is 0 Å². The van der Waals surface area contributed by atoms with Gasteiger partial charge >= 0.3 is 0 Å². The Labute approximate surface area is 136 Å². The van der Waals surface area contributed by atoms with Gasteiger partial charge in [0.2, 0.25) is 10.0 Å². The zero-order valence-electron chi connectivity index (χ0n) is 13.7. The number of rotatable bonds is 6. The van der Waals surface area contributed by atoms with Crippen molar-refractivity contribution in [1.29, 1.82) is 0 Å². The Balaban J connectivity index is 2.03. The Hall–Kier alpha value is -0.720. The number of hydrogen-bond donors (Lipinski definition) is 0. The van der Waals surface area contributed by atoms with Gasteiger partial charge in [0.25, 0.3) is 0 Å². The summed E-state index contributed by atoms with van der Waals surface area (Å²) in [6.07, 6.45) is 3.98. The van der Waals surface area contributed by atoms with Crippen LogP contribution in [0.1, 0.15) is 19.8 Å². The van der Waals surface area contributed by atoms with Crippen LogP contribution in [0.3, 0.4) is 0 Å². The Bertz CT molecular complexity index is 576. The van der Waals surface area contributed by atoms with Crippen molar-refractivity contribution < 1.29 is 13.2 Å². The van der Waals surface area contributed by atoms with Crippen molar-refractivity contribution in [3.63, 3.8) is 0 Å². The van der Waals surface area contributed by atoms with Crippen molar-refractivity contribution in [2.75, 3.05) is 43.7 Å². The lowest BCUT2D eigenvalue weighted by atomic mass is 10.3. The number of nitrogens with zero attached hydrogens (tertiary/aromatic N) is 1. The molecule has 0 aromatic heterocycles. The van der Waals surface area contributed by atoms with E-state index in [-0.39, 0.29) is 5.75 Å². The summed E-state index contributed by atoms with van der Waals surface area (Å²) in [5, 5.41) is 0. The topological polar surface area (TPSA) is 46.6 Å². The Morgan fingerprint density at radius 3 is 2.27 bits per heavy atom. The second kappa shape index (κ2) is 7.23. The highest BCUT2D eigenvalue weighted by atomic mass is 32.3. The van der Waals surface area contributed by atoms with Gasteiger partial charge in [-0.2, -0.15) is 0 Å². The summed E-state index contributed by atoms with van der Waals surface area (Å²) >= 11 is 0. The molecule has 0 unspecified atom stereocenters. The summed E-state index contributed by atoms with van der Waals surface area (Å²) in [5.41, 5.74) is 0. The Kier molecular flexibility index (Phi) is 5.80. The van der Waals surface area contributed by atoms with Crippen molar-refractivity contribution in [1.82, 2.24) is 4.31 Å². The zero-order valence-corrected chi connectivity index (χ0v) is 15.4. The van der Waals surface area contributed by atoms with E-state index in [1.54, 1.807) is 11.4 Å². The van der Waals surface area contributed by atoms with Crippen LogP contribution in [-0.2, 0) is 10.0 Å². The number of benzene rings is 1. The molecule has 0 spiro atoms. The van der Waals surface area contributed by atoms with Gasteiger partial charge in [0, 0.05) is 13.1 Å². The van der Waals surface area contributed by atoms with E-state index in [1.165, 1.54) is 4.90 Å². The van der Waals surface area contributed by atoms with Gasteiger partial charge in [0.05, 0.1) is 12.9 Å². The highest BCUT2D eigenvalue weighted by Crippen LogP contribution is 2.54. The average Bonchev–Trinajstić information content (AvgIpc) is 2.53. The second-order valence-electron chi connectivity index (χ2n) is 5.93. The van der Waals surface area contributed by atoms with E-state index >= 15 is 0 Å². The SMILES string of the molecule is CCCCS(=O)(=O)N1CCS(C)(c2ccc(OC)cc2)CC1. The molecule has 126 valence electrons. The van der Waals surface area contributed by atoms with Gasteiger partial charge in [-0.05, 0) is 53.3 Å². The minimum absolute atomic E-state index is 0.290. The molecular formula is C16H27NO3S2. The van der Waals surface area contributed by atoms with Crippen molar-refractivity contribution in [2.45, 2.75) is 24.7 Å². The van der Waals surface area contributed by atoms with Gasteiger partial charge in [0.1, 0.15) is 5.75 Å². The van der Waals surface area contributed by atoms with Crippen molar-refractivity contribution in [2.24, 2.45) is 0 Å². The molecule has 0 bridgehead atoms. The predicted molar refractivity (Wildman–Crippen MR) is 94.8 cm³/mol. The lowest BCUT2D eigenvalue weighted by molar-refractivity contribution is 0.414. The van der Waals surface area contributed by atoms with Gasteiger partial charge in [-0.25, -0.2) is 22.8 Å². The molecule has 1 aliphatic rings. The lowest BCUT2D eigenvalue weighted by Gasteiger charge is -2.43. The largest absolute Gasteiger partial charge is 0.497 e. The van der Waals surface area contributed by atoms with E-state index < -0.39 is 20.1 Å². The number of methoxy groups -OCH3 is 1. The molecule has 1 saturated heterocycles. The summed E-state index contributed by atoms with van der Waals surface area (Å²) in [6.45, 7) is 3.34. The van der Waals surface area contributed by atoms with Crippen LogP contribution in [0.2, 0.25) is 0 Å². The van der Waals surface area contributed by atoms with E-state index in [4.69, 9.17) is 4.74 Å². The normalized spacial score (nSPS) is 20.5. The fourth-order valence-corrected chi connectivity index (χ4v) is 7.29. The first-order valence-corrected chi connectivity index (χ1v) is 11.8. The number of ether oxygens (including phenoxy) is 1. The molecule has 0 N–H and O–H groups in total. The van der Waals surface area contributed by atoms with Crippen LogP contribution in [0.25, 0.3) is 0 Å². The van der Waals surface area contributed by atoms with E-state index in [9.17, 15) is 8.42 Å². The number of sulfonamides is 1. The average molecular weight is 346 g/mol. The highest BCUT2D eigenvalue weighted by Gasteiger charge is 2.32. The van der Waals surface area contributed by atoms with E-state index in [0.29, 0.717) is 13.1 Å². The highest BCUT2D eigenvalue weighted by molar-refractivity contribution is 8.33. The zero-order chi connectivity index (χ0) is 16.2. The molecule has 0 amide bonds. The molecule has 0 aliphatic carbocycles. The van der Waals surface area contributed by atoms with Gasteiger partial charge < -0.3 is 4.74 Å². The minimum Gasteiger partial charge on any atom is -0.497 e. The second-order valence-corrected chi connectivity index (χ2v) is 11.9. The molecular weight excluding hydrogens is 318 g/mol. The van der Waals surface area contributed by atoms with Crippen LogP contribution in [0, 0.1) is 0 Å². The number of hydrogen-bond acceptors (Lipinski definition) is 3. The molecule has 1 aromatic carbocycles. The first-order valence-electron chi connectivity index (χ1n) is 7.77. The van der Waals surface area contributed by atoms with Crippen LogP contribution >= 0.6 is 10.0 Å². The van der Waals surface area contributed by atoms with Crippen molar-refractivity contribution >= 4 is 20.1 Å². The van der Waals surface area contributed by atoms with E-state index in [0.717, 1.165) is 30.1 Å². The van der Waals surface area contributed by atoms with E-state index in [2.05, 4.69) is 18.4 Å². The fourth-order valence-electron chi connectivity index (χ4n) is 2.69. The van der Waals surface area contributed by atoms with E-state index in [1.807, 2.05) is 19.1 Å². The summed E-state index contributed by atoms with van der Waals surface area (Å²) in [5.74, 6) is 3.05.